The first-order valence-electron chi connectivity index (χ1n) is 15.1. The van der Waals surface area contributed by atoms with Crippen LogP contribution in [0.1, 0.15) is 105 Å². The Labute approximate surface area is 220 Å². The fraction of sp³-hybridized carbons (Fsp3) is 0.758. The fourth-order valence-corrected chi connectivity index (χ4v) is 9.66. The van der Waals surface area contributed by atoms with Crippen LogP contribution >= 0.6 is 0 Å². The van der Waals surface area contributed by atoms with Gasteiger partial charge in [0, 0.05) is 29.9 Å². The first-order valence-corrected chi connectivity index (χ1v) is 15.1. The normalized spacial score (nSPS) is 38.6. The lowest BCUT2D eigenvalue weighted by Crippen LogP contribution is -2.51. The van der Waals surface area contributed by atoms with Crippen molar-refractivity contribution in [3.63, 3.8) is 0 Å². The van der Waals surface area contributed by atoms with Crippen LogP contribution in [-0.4, -0.2) is 6.10 Å². The highest BCUT2D eigenvalue weighted by Crippen LogP contribution is 2.67. The topological polar surface area (TPSA) is 61.3 Å². The molecule has 4 N–H and O–H groups in total. The molecular weight excluding hydrogens is 440 g/mol. The second-order valence-corrected chi connectivity index (χ2v) is 14.1. The lowest BCUT2D eigenvalue weighted by molar-refractivity contribution is -0.0559. The zero-order valence-electron chi connectivity index (χ0n) is 23.7. The van der Waals surface area contributed by atoms with Crippen LogP contribution in [0.5, 0.6) is 5.75 Å². The van der Waals surface area contributed by atoms with Crippen LogP contribution in [0.3, 0.4) is 0 Å². The molecule has 8 unspecified atom stereocenters. The van der Waals surface area contributed by atoms with E-state index in [9.17, 15) is 0 Å². The number of allylic oxidation sites excluding steroid dienone is 1. The summed E-state index contributed by atoms with van der Waals surface area (Å²) in [4.78, 5) is 0. The van der Waals surface area contributed by atoms with E-state index in [0.717, 1.165) is 54.1 Å². The minimum Gasteiger partial charge on any atom is -0.490 e. The molecule has 3 nitrogen and oxygen atoms in total. The molecule has 0 amide bonds. The molecule has 1 aromatic carbocycles. The van der Waals surface area contributed by atoms with Crippen molar-refractivity contribution < 1.29 is 4.74 Å². The molecule has 3 heteroatoms. The fourth-order valence-electron chi connectivity index (χ4n) is 9.66. The number of nitrogens with two attached hydrogens (primary N) is 2. The van der Waals surface area contributed by atoms with Gasteiger partial charge in [-0.2, -0.15) is 0 Å². The molecule has 5 rings (SSSR count). The van der Waals surface area contributed by atoms with Crippen LogP contribution in [0.25, 0.3) is 0 Å². The summed E-state index contributed by atoms with van der Waals surface area (Å²) in [7, 11) is 0. The lowest BCUT2D eigenvalue weighted by Gasteiger charge is -2.58. The van der Waals surface area contributed by atoms with Gasteiger partial charge in [0.15, 0.2) is 0 Å². The van der Waals surface area contributed by atoms with Gasteiger partial charge < -0.3 is 16.2 Å². The number of ether oxygens (including phenoxy) is 1. The van der Waals surface area contributed by atoms with E-state index in [4.69, 9.17) is 16.2 Å². The predicted molar refractivity (Wildman–Crippen MR) is 153 cm³/mol. The van der Waals surface area contributed by atoms with Crippen molar-refractivity contribution >= 4 is 11.4 Å². The van der Waals surface area contributed by atoms with Gasteiger partial charge in [-0.1, -0.05) is 65.5 Å². The molecular formula is C33H52N2O. The van der Waals surface area contributed by atoms with E-state index in [1.165, 1.54) is 57.8 Å². The first kappa shape index (κ1) is 26.0. The number of benzene rings is 1. The summed E-state index contributed by atoms with van der Waals surface area (Å²) in [5, 5.41) is 0. The van der Waals surface area contributed by atoms with Crippen molar-refractivity contribution in [1.82, 2.24) is 0 Å². The molecule has 0 aliphatic heterocycles. The minimum absolute atomic E-state index is 0.235. The number of fused-ring (bicyclic) bond motifs is 5. The Morgan fingerprint density at radius 1 is 0.917 bits per heavy atom. The Morgan fingerprint density at radius 3 is 2.39 bits per heavy atom. The van der Waals surface area contributed by atoms with E-state index in [-0.39, 0.29) is 6.10 Å². The molecule has 4 aliphatic rings. The number of anilines is 2. The average Bonchev–Trinajstić information content (AvgIpc) is 3.15. The minimum atomic E-state index is 0.235. The summed E-state index contributed by atoms with van der Waals surface area (Å²) in [5.41, 5.74) is 16.0. The summed E-state index contributed by atoms with van der Waals surface area (Å²) in [6.07, 6.45) is 17.7. The Bertz CT molecular complexity index is 948. The highest BCUT2D eigenvalue weighted by molar-refractivity contribution is 5.56. The first-order chi connectivity index (χ1) is 17.1. The maximum absolute atomic E-state index is 6.42. The SMILES string of the molecule is CC(C)CCCC(C)C1CCC2C3CC=C4CC(Oc5cc(N)cc(N)c5)CCC4(C)C3CCC12C. The Morgan fingerprint density at radius 2 is 1.67 bits per heavy atom. The smallest absolute Gasteiger partial charge is 0.123 e. The van der Waals surface area contributed by atoms with Crippen LogP contribution in [0, 0.1) is 46.3 Å². The highest BCUT2D eigenvalue weighted by Gasteiger charge is 2.59. The van der Waals surface area contributed by atoms with Gasteiger partial charge in [0.25, 0.3) is 0 Å². The molecule has 0 bridgehead atoms. The molecule has 3 fully saturated rings. The van der Waals surface area contributed by atoms with Gasteiger partial charge in [-0.05, 0) is 97.3 Å². The number of hydrogen-bond donors (Lipinski definition) is 2. The second-order valence-electron chi connectivity index (χ2n) is 14.1. The van der Waals surface area contributed by atoms with Crippen molar-refractivity contribution in [2.24, 2.45) is 46.3 Å². The number of rotatable bonds is 7. The average molecular weight is 493 g/mol. The third-order valence-corrected chi connectivity index (χ3v) is 11.5. The molecule has 0 aromatic heterocycles. The van der Waals surface area contributed by atoms with Crippen molar-refractivity contribution in [3.05, 3.63) is 29.8 Å². The van der Waals surface area contributed by atoms with Gasteiger partial charge in [-0.15, -0.1) is 0 Å². The van der Waals surface area contributed by atoms with Crippen molar-refractivity contribution in [3.8, 4) is 5.75 Å². The van der Waals surface area contributed by atoms with Crippen LogP contribution in [0.15, 0.2) is 29.8 Å². The number of nitrogen functional groups attached to an aromatic ring is 2. The van der Waals surface area contributed by atoms with E-state index >= 15 is 0 Å². The predicted octanol–water partition coefficient (Wildman–Crippen LogP) is 8.64. The van der Waals surface area contributed by atoms with Crippen LogP contribution in [0.2, 0.25) is 0 Å². The molecule has 0 saturated heterocycles. The lowest BCUT2D eigenvalue weighted by atomic mass is 9.47. The zero-order valence-corrected chi connectivity index (χ0v) is 23.7. The van der Waals surface area contributed by atoms with Crippen molar-refractivity contribution in [2.45, 2.75) is 111 Å². The quantitative estimate of drug-likeness (QED) is 0.296. The third-order valence-electron chi connectivity index (χ3n) is 11.5. The van der Waals surface area contributed by atoms with Gasteiger partial charge >= 0.3 is 0 Å². The standard InChI is InChI=1S/C33H52N2O/c1-21(2)7-6-8-22(3)29-11-12-30-28-10-9-23-17-26(36-27-19-24(34)18-25(35)20-27)13-15-32(23,4)31(28)14-16-33(29,30)5/h9,18-22,26,28-31H,6-8,10-17,34-35H2,1-5H3. The summed E-state index contributed by atoms with van der Waals surface area (Å²) in [6, 6.07) is 5.63. The van der Waals surface area contributed by atoms with Crippen molar-refractivity contribution in [2.75, 3.05) is 11.5 Å². The maximum Gasteiger partial charge on any atom is 0.123 e. The van der Waals surface area contributed by atoms with Gasteiger partial charge in [0.05, 0.1) is 0 Å². The van der Waals surface area contributed by atoms with E-state index in [2.05, 4.69) is 40.7 Å². The van der Waals surface area contributed by atoms with Crippen LogP contribution in [-0.2, 0) is 0 Å². The van der Waals surface area contributed by atoms with E-state index in [1.807, 2.05) is 12.1 Å². The summed E-state index contributed by atoms with van der Waals surface area (Å²) in [6.45, 7) is 12.6. The largest absolute Gasteiger partial charge is 0.490 e. The monoisotopic (exact) mass is 492 g/mol. The van der Waals surface area contributed by atoms with Gasteiger partial charge in [0.1, 0.15) is 11.9 Å². The highest BCUT2D eigenvalue weighted by atomic mass is 16.5. The van der Waals surface area contributed by atoms with Crippen molar-refractivity contribution in [1.29, 1.82) is 0 Å². The van der Waals surface area contributed by atoms with E-state index in [0.29, 0.717) is 22.2 Å². The second kappa shape index (κ2) is 9.91. The van der Waals surface area contributed by atoms with Crippen LogP contribution in [0.4, 0.5) is 11.4 Å². The van der Waals surface area contributed by atoms with Crippen LogP contribution < -0.4 is 16.2 Å². The van der Waals surface area contributed by atoms with E-state index < -0.39 is 0 Å². The summed E-state index contributed by atoms with van der Waals surface area (Å²) < 4.78 is 6.42. The molecule has 4 aliphatic carbocycles. The molecule has 0 heterocycles. The molecule has 36 heavy (non-hydrogen) atoms. The maximum atomic E-state index is 6.42. The molecule has 8 atom stereocenters. The summed E-state index contributed by atoms with van der Waals surface area (Å²) >= 11 is 0. The molecule has 0 spiro atoms. The van der Waals surface area contributed by atoms with Gasteiger partial charge in [-0.25, -0.2) is 0 Å². The Hall–Kier alpha value is -1.64. The Balaban J connectivity index is 1.27. The van der Waals surface area contributed by atoms with Gasteiger partial charge in [0.2, 0.25) is 0 Å². The molecule has 3 saturated carbocycles. The zero-order chi connectivity index (χ0) is 25.7. The number of hydrogen-bond acceptors (Lipinski definition) is 3. The Kier molecular flexibility index (Phi) is 7.16. The van der Waals surface area contributed by atoms with E-state index in [1.54, 1.807) is 11.6 Å². The molecule has 200 valence electrons. The molecule has 1 aromatic rings. The summed E-state index contributed by atoms with van der Waals surface area (Å²) in [5.74, 6) is 6.15. The van der Waals surface area contributed by atoms with Gasteiger partial charge in [-0.3, -0.25) is 0 Å². The third kappa shape index (κ3) is 4.69. The molecule has 0 radical (unpaired) electrons.